The van der Waals surface area contributed by atoms with Crippen LogP contribution in [0.3, 0.4) is 0 Å². The van der Waals surface area contributed by atoms with E-state index in [1.165, 1.54) is 0 Å². The third-order valence-electron chi connectivity index (χ3n) is 3.52. The Morgan fingerprint density at radius 1 is 1.42 bits per heavy atom. The fraction of sp³-hybridized carbons (Fsp3) is 0.500. The standard InChI is InChI=1S/C14H19ClN2O2/c1-17-7-2-3-10(6-8-17)16-11-4-5-13(15)12(9-11)14(18)19/h4-5,9-10,16H,2-3,6-8H2,1H3,(H,18,19). The van der Waals surface area contributed by atoms with Crippen molar-refractivity contribution in [3.05, 3.63) is 28.8 Å². The van der Waals surface area contributed by atoms with Crippen molar-refractivity contribution < 1.29 is 9.90 Å². The second-order valence-electron chi connectivity index (χ2n) is 5.08. The fourth-order valence-electron chi connectivity index (χ4n) is 2.40. The summed E-state index contributed by atoms with van der Waals surface area (Å²) in [7, 11) is 2.13. The van der Waals surface area contributed by atoms with E-state index in [2.05, 4.69) is 17.3 Å². The number of hydrogen-bond donors (Lipinski definition) is 2. The van der Waals surface area contributed by atoms with E-state index >= 15 is 0 Å². The molecule has 19 heavy (non-hydrogen) atoms. The Kier molecular flexibility index (Phi) is 4.66. The van der Waals surface area contributed by atoms with Gasteiger partial charge in [0.05, 0.1) is 10.6 Å². The van der Waals surface area contributed by atoms with Crippen molar-refractivity contribution in [1.29, 1.82) is 0 Å². The molecule has 0 spiro atoms. The van der Waals surface area contributed by atoms with Gasteiger partial charge in [0.15, 0.2) is 0 Å². The lowest BCUT2D eigenvalue weighted by atomic mass is 10.1. The van der Waals surface area contributed by atoms with E-state index in [1.54, 1.807) is 12.1 Å². The normalized spacial score (nSPS) is 20.8. The van der Waals surface area contributed by atoms with Gasteiger partial charge in [-0.3, -0.25) is 0 Å². The number of likely N-dealkylation sites (tertiary alicyclic amines) is 1. The molecule has 0 bridgehead atoms. The molecule has 0 radical (unpaired) electrons. The number of aromatic carboxylic acids is 1. The largest absolute Gasteiger partial charge is 0.478 e. The number of nitrogens with zero attached hydrogens (tertiary/aromatic N) is 1. The molecule has 1 heterocycles. The maximum atomic E-state index is 11.0. The highest BCUT2D eigenvalue weighted by Gasteiger charge is 2.16. The summed E-state index contributed by atoms with van der Waals surface area (Å²) < 4.78 is 0. The molecule has 0 aliphatic carbocycles. The molecule has 1 fully saturated rings. The number of nitrogens with one attached hydrogen (secondary N) is 1. The van der Waals surface area contributed by atoms with Crippen molar-refractivity contribution in [3.63, 3.8) is 0 Å². The van der Waals surface area contributed by atoms with Gasteiger partial charge in [-0.1, -0.05) is 11.6 Å². The smallest absolute Gasteiger partial charge is 0.337 e. The first-order valence-electron chi connectivity index (χ1n) is 6.54. The van der Waals surface area contributed by atoms with Crippen LogP contribution in [0, 0.1) is 0 Å². The van der Waals surface area contributed by atoms with Gasteiger partial charge < -0.3 is 15.3 Å². The molecular weight excluding hydrogens is 264 g/mol. The van der Waals surface area contributed by atoms with Crippen LogP contribution in [0.5, 0.6) is 0 Å². The average molecular weight is 283 g/mol. The SMILES string of the molecule is CN1CCCC(Nc2ccc(Cl)c(C(=O)O)c2)CC1. The van der Waals surface area contributed by atoms with Gasteiger partial charge in [0.25, 0.3) is 0 Å². The van der Waals surface area contributed by atoms with E-state index in [9.17, 15) is 4.79 Å². The minimum Gasteiger partial charge on any atom is -0.478 e. The summed E-state index contributed by atoms with van der Waals surface area (Å²) in [6, 6.07) is 5.48. The summed E-state index contributed by atoms with van der Waals surface area (Å²) in [5, 5.41) is 12.7. The second kappa shape index (κ2) is 6.26. The number of anilines is 1. The van der Waals surface area contributed by atoms with E-state index in [0.29, 0.717) is 6.04 Å². The molecule has 104 valence electrons. The first-order valence-corrected chi connectivity index (χ1v) is 6.92. The number of halogens is 1. The van der Waals surface area contributed by atoms with Crippen molar-refractivity contribution in [1.82, 2.24) is 4.90 Å². The molecule has 0 aromatic heterocycles. The van der Waals surface area contributed by atoms with Crippen LogP contribution in [0.2, 0.25) is 5.02 Å². The van der Waals surface area contributed by atoms with Crippen LogP contribution in [0.25, 0.3) is 0 Å². The molecule has 1 aromatic carbocycles. The summed E-state index contributed by atoms with van der Waals surface area (Å²) in [6.07, 6.45) is 3.34. The van der Waals surface area contributed by atoms with Crippen LogP contribution in [0.1, 0.15) is 29.6 Å². The first-order chi connectivity index (χ1) is 9.06. The summed E-state index contributed by atoms with van der Waals surface area (Å²) in [6.45, 7) is 2.19. The van der Waals surface area contributed by atoms with Gasteiger partial charge in [0, 0.05) is 11.7 Å². The van der Waals surface area contributed by atoms with E-state index in [1.807, 2.05) is 6.07 Å². The van der Waals surface area contributed by atoms with Crippen LogP contribution >= 0.6 is 11.6 Å². The predicted octanol–water partition coefficient (Wildman–Crippen LogP) is 2.93. The Labute approximate surface area is 118 Å². The van der Waals surface area contributed by atoms with E-state index in [-0.39, 0.29) is 10.6 Å². The molecule has 0 amide bonds. The molecule has 1 aliphatic rings. The summed E-state index contributed by atoms with van der Waals surface area (Å²) in [5.41, 5.74) is 0.980. The van der Waals surface area contributed by atoms with Crippen molar-refractivity contribution in [2.24, 2.45) is 0 Å². The third-order valence-corrected chi connectivity index (χ3v) is 3.85. The van der Waals surface area contributed by atoms with Crippen LogP contribution < -0.4 is 5.32 Å². The number of carboxylic acid groups (broad SMARTS) is 1. The van der Waals surface area contributed by atoms with Gasteiger partial charge in [0.1, 0.15) is 0 Å². The molecule has 1 aromatic rings. The third kappa shape index (κ3) is 3.85. The number of rotatable bonds is 3. The van der Waals surface area contributed by atoms with Crippen LogP contribution in [0.15, 0.2) is 18.2 Å². The lowest BCUT2D eigenvalue weighted by Gasteiger charge is -2.18. The van der Waals surface area contributed by atoms with Crippen LogP contribution in [-0.4, -0.2) is 42.2 Å². The molecular formula is C14H19ClN2O2. The number of carboxylic acids is 1. The van der Waals surface area contributed by atoms with Crippen LogP contribution in [-0.2, 0) is 0 Å². The fourth-order valence-corrected chi connectivity index (χ4v) is 2.60. The molecule has 2 N–H and O–H groups in total. The molecule has 1 saturated heterocycles. The Morgan fingerprint density at radius 3 is 2.95 bits per heavy atom. The lowest BCUT2D eigenvalue weighted by molar-refractivity contribution is 0.0697. The zero-order valence-corrected chi connectivity index (χ0v) is 11.8. The Hall–Kier alpha value is -1.26. The molecule has 0 saturated carbocycles. The van der Waals surface area contributed by atoms with Crippen molar-refractivity contribution >= 4 is 23.3 Å². The van der Waals surface area contributed by atoms with Crippen molar-refractivity contribution in [3.8, 4) is 0 Å². The maximum absolute atomic E-state index is 11.0. The first kappa shape index (κ1) is 14.2. The Bertz CT molecular complexity index is 465. The van der Waals surface area contributed by atoms with E-state index in [0.717, 1.165) is 38.0 Å². The highest BCUT2D eigenvalue weighted by atomic mass is 35.5. The molecule has 1 unspecified atom stereocenters. The summed E-state index contributed by atoms with van der Waals surface area (Å²) in [5.74, 6) is -0.991. The summed E-state index contributed by atoms with van der Waals surface area (Å²) in [4.78, 5) is 13.4. The average Bonchev–Trinajstić information content (AvgIpc) is 2.56. The Balaban J connectivity index is 2.06. The zero-order valence-electron chi connectivity index (χ0n) is 11.0. The van der Waals surface area contributed by atoms with Gasteiger partial charge in [-0.2, -0.15) is 0 Å². The molecule has 1 atom stereocenters. The highest BCUT2D eigenvalue weighted by Crippen LogP contribution is 2.23. The quantitative estimate of drug-likeness (QED) is 0.895. The predicted molar refractivity (Wildman–Crippen MR) is 77.2 cm³/mol. The van der Waals surface area contributed by atoms with E-state index < -0.39 is 5.97 Å². The number of hydrogen-bond acceptors (Lipinski definition) is 3. The number of benzene rings is 1. The highest BCUT2D eigenvalue weighted by molar-refractivity contribution is 6.33. The molecule has 2 rings (SSSR count). The van der Waals surface area contributed by atoms with Gasteiger partial charge >= 0.3 is 5.97 Å². The van der Waals surface area contributed by atoms with Crippen LogP contribution in [0.4, 0.5) is 5.69 Å². The topological polar surface area (TPSA) is 52.6 Å². The zero-order chi connectivity index (χ0) is 13.8. The van der Waals surface area contributed by atoms with Gasteiger partial charge in [0.2, 0.25) is 0 Å². The van der Waals surface area contributed by atoms with Gasteiger partial charge in [-0.25, -0.2) is 4.79 Å². The van der Waals surface area contributed by atoms with Crippen molar-refractivity contribution in [2.45, 2.75) is 25.3 Å². The lowest BCUT2D eigenvalue weighted by Crippen LogP contribution is -2.23. The monoisotopic (exact) mass is 282 g/mol. The molecule has 5 heteroatoms. The Morgan fingerprint density at radius 2 is 2.21 bits per heavy atom. The van der Waals surface area contributed by atoms with E-state index in [4.69, 9.17) is 16.7 Å². The summed E-state index contributed by atoms with van der Waals surface area (Å²) >= 11 is 5.86. The minimum absolute atomic E-state index is 0.150. The minimum atomic E-state index is -0.991. The van der Waals surface area contributed by atoms with Gasteiger partial charge in [-0.05, 0) is 57.6 Å². The second-order valence-corrected chi connectivity index (χ2v) is 5.48. The van der Waals surface area contributed by atoms with Gasteiger partial charge in [-0.15, -0.1) is 0 Å². The maximum Gasteiger partial charge on any atom is 0.337 e. The molecule has 1 aliphatic heterocycles. The number of carbonyl (C=O) groups is 1. The van der Waals surface area contributed by atoms with Crippen molar-refractivity contribution in [2.75, 3.05) is 25.5 Å². The molecule has 4 nitrogen and oxygen atoms in total.